The molecule has 0 aromatic carbocycles. The zero-order chi connectivity index (χ0) is 14.7. The van der Waals surface area contributed by atoms with Crippen molar-refractivity contribution in [2.24, 2.45) is 0 Å². The Bertz CT molecular complexity index is 777. The summed E-state index contributed by atoms with van der Waals surface area (Å²) in [6.07, 6.45) is 6.36. The maximum Gasteiger partial charge on any atom is 0.189 e. The SMILES string of the molecule is Cc1c(C(=O)/C=C/c2csnn2)cnn1-c1ccccn1. The number of rotatable bonds is 4. The van der Waals surface area contributed by atoms with Crippen LogP contribution in [0.5, 0.6) is 0 Å². The van der Waals surface area contributed by atoms with Crippen molar-refractivity contribution >= 4 is 23.4 Å². The van der Waals surface area contributed by atoms with Gasteiger partial charge in [-0.25, -0.2) is 9.67 Å². The molecule has 0 aliphatic rings. The highest BCUT2D eigenvalue weighted by atomic mass is 32.1. The van der Waals surface area contributed by atoms with Crippen LogP contribution in [-0.4, -0.2) is 30.1 Å². The molecule has 3 aromatic rings. The normalized spacial score (nSPS) is 11.1. The lowest BCUT2D eigenvalue weighted by molar-refractivity contribution is 0.104. The topological polar surface area (TPSA) is 73.6 Å². The van der Waals surface area contributed by atoms with E-state index in [-0.39, 0.29) is 5.78 Å². The summed E-state index contributed by atoms with van der Waals surface area (Å²) in [5, 5.41) is 9.85. The number of allylic oxidation sites excluding steroid dienone is 1. The van der Waals surface area contributed by atoms with Crippen LogP contribution in [0.3, 0.4) is 0 Å². The molecule has 0 N–H and O–H groups in total. The van der Waals surface area contributed by atoms with E-state index in [4.69, 9.17) is 0 Å². The van der Waals surface area contributed by atoms with Crippen LogP contribution in [0, 0.1) is 6.92 Å². The van der Waals surface area contributed by atoms with Crippen molar-refractivity contribution in [3.63, 3.8) is 0 Å². The molecule has 104 valence electrons. The highest BCUT2D eigenvalue weighted by molar-refractivity contribution is 7.03. The smallest absolute Gasteiger partial charge is 0.189 e. The molecule has 3 rings (SSSR count). The summed E-state index contributed by atoms with van der Waals surface area (Å²) in [5.74, 6) is 0.560. The molecule has 0 radical (unpaired) electrons. The van der Waals surface area contributed by atoms with Crippen LogP contribution in [0.25, 0.3) is 11.9 Å². The van der Waals surface area contributed by atoms with Gasteiger partial charge < -0.3 is 0 Å². The number of carbonyl (C=O) groups excluding carboxylic acids is 1. The van der Waals surface area contributed by atoms with E-state index in [1.807, 2.05) is 25.1 Å². The third kappa shape index (κ3) is 2.77. The second-order valence-corrected chi connectivity index (χ2v) is 4.88. The molecule has 6 nitrogen and oxygen atoms in total. The van der Waals surface area contributed by atoms with E-state index in [1.54, 1.807) is 28.5 Å². The number of ketones is 1. The predicted molar refractivity (Wildman–Crippen MR) is 79.4 cm³/mol. The van der Waals surface area contributed by atoms with Crippen molar-refractivity contribution in [3.8, 4) is 5.82 Å². The molecule has 21 heavy (non-hydrogen) atoms. The zero-order valence-corrected chi connectivity index (χ0v) is 12.0. The van der Waals surface area contributed by atoms with E-state index in [9.17, 15) is 4.79 Å². The van der Waals surface area contributed by atoms with Crippen molar-refractivity contribution in [1.82, 2.24) is 24.4 Å². The summed E-state index contributed by atoms with van der Waals surface area (Å²) in [6.45, 7) is 1.84. The van der Waals surface area contributed by atoms with Gasteiger partial charge in [-0.1, -0.05) is 10.6 Å². The maximum atomic E-state index is 12.2. The molecule has 0 aliphatic heterocycles. The summed E-state index contributed by atoms with van der Waals surface area (Å²) >= 11 is 1.24. The first-order valence-corrected chi connectivity index (χ1v) is 7.05. The Morgan fingerprint density at radius 1 is 1.38 bits per heavy atom. The maximum absolute atomic E-state index is 12.2. The van der Waals surface area contributed by atoms with Gasteiger partial charge in [0.1, 0.15) is 0 Å². The first kappa shape index (κ1) is 13.3. The van der Waals surface area contributed by atoms with Gasteiger partial charge in [0, 0.05) is 11.6 Å². The molecule has 0 spiro atoms. The molecule has 0 aliphatic carbocycles. The number of pyridine rings is 1. The van der Waals surface area contributed by atoms with Crippen molar-refractivity contribution in [3.05, 3.63) is 59.0 Å². The summed E-state index contributed by atoms with van der Waals surface area (Å²) in [6, 6.07) is 5.55. The van der Waals surface area contributed by atoms with Gasteiger partial charge in [0.05, 0.1) is 23.1 Å². The Morgan fingerprint density at radius 3 is 3.00 bits per heavy atom. The minimum atomic E-state index is -0.123. The average Bonchev–Trinajstić information content (AvgIpc) is 3.15. The van der Waals surface area contributed by atoms with E-state index in [1.165, 1.54) is 17.6 Å². The number of hydrogen-bond donors (Lipinski definition) is 0. The number of carbonyl (C=O) groups is 1. The molecule has 0 unspecified atom stereocenters. The molecule has 0 amide bonds. The lowest BCUT2D eigenvalue weighted by Crippen LogP contribution is -2.03. The van der Waals surface area contributed by atoms with Crippen molar-refractivity contribution in [1.29, 1.82) is 0 Å². The van der Waals surface area contributed by atoms with E-state index < -0.39 is 0 Å². The monoisotopic (exact) mass is 297 g/mol. The van der Waals surface area contributed by atoms with Gasteiger partial charge in [0.2, 0.25) is 0 Å². The highest BCUT2D eigenvalue weighted by Crippen LogP contribution is 2.13. The number of nitrogens with zero attached hydrogens (tertiary/aromatic N) is 5. The highest BCUT2D eigenvalue weighted by Gasteiger charge is 2.13. The van der Waals surface area contributed by atoms with E-state index >= 15 is 0 Å². The lowest BCUT2D eigenvalue weighted by Gasteiger charge is -2.02. The molecule has 7 heteroatoms. The Kier molecular flexibility index (Phi) is 3.65. The fraction of sp³-hybridized carbons (Fsp3) is 0.0714. The van der Waals surface area contributed by atoms with E-state index in [0.717, 1.165) is 5.69 Å². The molecular weight excluding hydrogens is 286 g/mol. The zero-order valence-electron chi connectivity index (χ0n) is 11.2. The van der Waals surface area contributed by atoms with Crippen LogP contribution < -0.4 is 0 Å². The van der Waals surface area contributed by atoms with Gasteiger partial charge in [0.25, 0.3) is 0 Å². The Balaban J connectivity index is 1.87. The quantitative estimate of drug-likeness (QED) is 0.546. The Morgan fingerprint density at radius 2 is 2.29 bits per heavy atom. The first-order chi connectivity index (χ1) is 10.3. The average molecular weight is 297 g/mol. The first-order valence-electron chi connectivity index (χ1n) is 6.21. The van der Waals surface area contributed by atoms with E-state index in [0.29, 0.717) is 17.1 Å². The second kappa shape index (κ2) is 5.76. The fourth-order valence-corrected chi connectivity index (χ4v) is 2.28. The Hall–Kier alpha value is -2.67. The minimum absolute atomic E-state index is 0.123. The predicted octanol–water partition coefficient (Wildman–Crippen LogP) is 2.32. The number of aromatic nitrogens is 5. The van der Waals surface area contributed by atoms with Crippen molar-refractivity contribution in [2.75, 3.05) is 0 Å². The summed E-state index contributed by atoms with van der Waals surface area (Å²) in [5.41, 5.74) is 1.96. The van der Waals surface area contributed by atoms with E-state index in [2.05, 4.69) is 19.7 Å². The summed E-state index contributed by atoms with van der Waals surface area (Å²) in [4.78, 5) is 16.4. The van der Waals surface area contributed by atoms with Crippen LogP contribution in [0.2, 0.25) is 0 Å². The number of hydrogen-bond acceptors (Lipinski definition) is 6. The fourth-order valence-electron chi connectivity index (χ4n) is 1.86. The molecule has 3 aromatic heterocycles. The van der Waals surface area contributed by atoms with Crippen molar-refractivity contribution < 1.29 is 4.79 Å². The van der Waals surface area contributed by atoms with Gasteiger partial charge >= 0.3 is 0 Å². The third-order valence-corrected chi connectivity index (χ3v) is 3.45. The molecule has 3 heterocycles. The standard InChI is InChI=1S/C14H11N5OS/c1-10-12(13(20)6-5-11-9-21-18-17-11)8-16-19(10)14-4-2-3-7-15-14/h2-9H,1H3/b6-5+. The van der Waals surface area contributed by atoms with Gasteiger partial charge in [-0.15, -0.1) is 5.10 Å². The second-order valence-electron chi connectivity index (χ2n) is 4.27. The molecule has 0 bridgehead atoms. The lowest BCUT2D eigenvalue weighted by atomic mass is 10.1. The summed E-state index contributed by atoms with van der Waals surface area (Å²) < 4.78 is 5.38. The van der Waals surface area contributed by atoms with Gasteiger partial charge in [-0.3, -0.25) is 4.79 Å². The molecule has 0 fully saturated rings. The van der Waals surface area contributed by atoms with Gasteiger partial charge in [0.15, 0.2) is 11.6 Å². The largest absolute Gasteiger partial charge is 0.289 e. The van der Waals surface area contributed by atoms with Gasteiger partial charge in [-0.2, -0.15) is 5.10 Å². The van der Waals surface area contributed by atoms with Crippen LogP contribution in [-0.2, 0) is 0 Å². The molecular formula is C14H11N5OS. The molecule has 0 saturated heterocycles. The third-order valence-electron chi connectivity index (χ3n) is 2.92. The van der Waals surface area contributed by atoms with Crippen LogP contribution in [0.15, 0.2) is 42.0 Å². The minimum Gasteiger partial charge on any atom is -0.289 e. The molecule has 0 atom stereocenters. The van der Waals surface area contributed by atoms with Crippen LogP contribution in [0.1, 0.15) is 21.7 Å². The van der Waals surface area contributed by atoms with Crippen LogP contribution in [0.4, 0.5) is 0 Å². The van der Waals surface area contributed by atoms with Gasteiger partial charge in [-0.05, 0) is 42.7 Å². The van der Waals surface area contributed by atoms with Crippen LogP contribution >= 0.6 is 11.5 Å². The summed E-state index contributed by atoms with van der Waals surface area (Å²) in [7, 11) is 0. The Labute approximate surface area is 124 Å². The van der Waals surface area contributed by atoms with Crippen molar-refractivity contribution in [2.45, 2.75) is 6.92 Å². The molecule has 0 saturated carbocycles.